The third-order valence-corrected chi connectivity index (χ3v) is 4.67. The lowest BCUT2D eigenvalue weighted by Crippen LogP contribution is -1.97. The summed E-state index contributed by atoms with van der Waals surface area (Å²) in [6.07, 6.45) is 5.33. The lowest BCUT2D eigenvalue weighted by molar-refractivity contribution is 0.700. The standard InChI is InChI=1S/C12H11BrS/c13-8-5-6-10-9-3-1-2-4-11(9)14-12(10)7-8/h5-7H,1-4H2. The smallest absolute Gasteiger partial charge is 0.0359 e. The second-order valence-corrected chi connectivity index (χ2v) is 5.90. The number of halogens is 1. The van der Waals surface area contributed by atoms with Gasteiger partial charge in [-0.2, -0.15) is 0 Å². The van der Waals surface area contributed by atoms with Gasteiger partial charge in [0.1, 0.15) is 0 Å². The summed E-state index contributed by atoms with van der Waals surface area (Å²) in [5.41, 5.74) is 1.63. The minimum atomic E-state index is 1.20. The molecule has 0 aliphatic heterocycles. The minimum absolute atomic E-state index is 1.20. The monoisotopic (exact) mass is 266 g/mol. The molecule has 0 saturated heterocycles. The molecule has 0 N–H and O–H groups in total. The van der Waals surface area contributed by atoms with E-state index < -0.39 is 0 Å². The molecule has 1 aromatic heterocycles. The topological polar surface area (TPSA) is 0 Å². The molecule has 14 heavy (non-hydrogen) atoms. The van der Waals surface area contributed by atoms with E-state index in [-0.39, 0.29) is 0 Å². The van der Waals surface area contributed by atoms with Gasteiger partial charge in [-0.05, 0) is 48.8 Å². The number of fused-ring (bicyclic) bond motifs is 3. The van der Waals surface area contributed by atoms with Crippen LogP contribution in [-0.4, -0.2) is 0 Å². The summed E-state index contributed by atoms with van der Waals surface area (Å²) >= 11 is 5.52. The van der Waals surface area contributed by atoms with Crippen LogP contribution in [0.5, 0.6) is 0 Å². The van der Waals surface area contributed by atoms with Crippen molar-refractivity contribution in [2.45, 2.75) is 25.7 Å². The molecule has 2 heteroatoms. The van der Waals surface area contributed by atoms with Crippen molar-refractivity contribution < 1.29 is 0 Å². The van der Waals surface area contributed by atoms with Crippen molar-refractivity contribution in [3.05, 3.63) is 33.1 Å². The van der Waals surface area contributed by atoms with Crippen molar-refractivity contribution >= 4 is 37.4 Å². The molecule has 1 aromatic carbocycles. The van der Waals surface area contributed by atoms with Gasteiger partial charge in [0, 0.05) is 14.0 Å². The highest BCUT2D eigenvalue weighted by atomic mass is 79.9. The average molecular weight is 267 g/mol. The van der Waals surface area contributed by atoms with E-state index in [9.17, 15) is 0 Å². The zero-order valence-electron chi connectivity index (χ0n) is 7.85. The summed E-state index contributed by atoms with van der Waals surface area (Å²) in [4.78, 5) is 1.63. The number of thiophene rings is 1. The van der Waals surface area contributed by atoms with Gasteiger partial charge >= 0.3 is 0 Å². The maximum absolute atomic E-state index is 3.53. The van der Waals surface area contributed by atoms with Crippen molar-refractivity contribution in [3.63, 3.8) is 0 Å². The maximum Gasteiger partial charge on any atom is 0.0359 e. The highest BCUT2D eigenvalue weighted by Gasteiger charge is 2.15. The van der Waals surface area contributed by atoms with E-state index in [2.05, 4.69) is 34.1 Å². The summed E-state index contributed by atoms with van der Waals surface area (Å²) in [6, 6.07) is 6.67. The Morgan fingerprint density at radius 1 is 1.14 bits per heavy atom. The van der Waals surface area contributed by atoms with Gasteiger partial charge in [0.15, 0.2) is 0 Å². The first kappa shape index (κ1) is 8.93. The summed E-state index contributed by atoms with van der Waals surface area (Å²) in [7, 11) is 0. The molecule has 0 atom stereocenters. The molecule has 0 nitrogen and oxygen atoms in total. The van der Waals surface area contributed by atoms with E-state index in [0.717, 1.165) is 0 Å². The molecule has 0 fully saturated rings. The van der Waals surface area contributed by atoms with E-state index in [1.807, 2.05) is 11.3 Å². The van der Waals surface area contributed by atoms with Gasteiger partial charge in [-0.25, -0.2) is 0 Å². The number of rotatable bonds is 0. The normalized spacial score (nSPS) is 15.8. The molecule has 72 valence electrons. The van der Waals surface area contributed by atoms with E-state index >= 15 is 0 Å². The van der Waals surface area contributed by atoms with E-state index in [1.165, 1.54) is 40.2 Å². The Morgan fingerprint density at radius 2 is 2.00 bits per heavy atom. The molecule has 0 bridgehead atoms. The molecule has 1 aliphatic rings. The molecular formula is C12H11BrS. The Hall–Kier alpha value is -0.340. The molecule has 0 radical (unpaired) electrons. The fourth-order valence-electron chi connectivity index (χ4n) is 2.24. The second kappa shape index (κ2) is 3.35. The molecule has 1 aliphatic carbocycles. The second-order valence-electron chi connectivity index (χ2n) is 3.85. The van der Waals surface area contributed by atoms with Crippen molar-refractivity contribution in [1.29, 1.82) is 0 Å². The summed E-state index contributed by atoms with van der Waals surface area (Å²) < 4.78 is 2.65. The molecule has 3 rings (SSSR count). The first-order valence-electron chi connectivity index (χ1n) is 5.04. The highest BCUT2D eigenvalue weighted by molar-refractivity contribution is 9.10. The van der Waals surface area contributed by atoms with Crippen molar-refractivity contribution in [1.82, 2.24) is 0 Å². The van der Waals surface area contributed by atoms with Crippen molar-refractivity contribution in [2.75, 3.05) is 0 Å². The third kappa shape index (κ3) is 1.32. The predicted octanol–water partition coefficient (Wildman–Crippen LogP) is 4.54. The van der Waals surface area contributed by atoms with Crippen molar-refractivity contribution in [3.8, 4) is 0 Å². The Kier molecular flexibility index (Phi) is 2.14. The first-order valence-corrected chi connectivity index (χ1v) is 6.65. The minimum Gasteiger partial charge on any atom is -0.140 e. The lowest BCUT2D eigenvalue weighted by atomic mass is 9.96. The number of aryl methyl sites for hydroxylation is 2. The average Bonchev–Trinajstić information content (AvgIpc) is 2.54. The van der Waals surface area contributed by atoms with Gasteiger partial charge in [-0.15, -0.1) is 11.3 Å². The quantitative estimate of drug-likeness (QED) is 0.657. The van der Waals surface area contributed by atoms with Crippen LogP contribution in [0.25, 0.3) is 10.1 Å². The summed E-state index contributed by atoms with van der Waals surface area (Å²) in [5.74, 6) is 0. The largest absolute Gasteiger partial charge is 0.140 e. The summed E-state index contributed by atoms with van der Waals surface area (Å²) in [5, 5.41) is 1.49. The van der Waals surface area contributed by atoms with Crippen LogP contribution in [0.3, 0.4) is 0 Å². The van der Waals surface area contributed by atoms with E-state index in [4.69, 9.17) is 0 Å². The first-order chi connectivity index (χ1) is 6.84. The van der Waals surface area contributed by atoms with Crippen molar-refractivity contribution in [2.24, 2.45) is 0 Å². The lowest BCUT2D eigenvalue weighted by Gasteiger charge is -2.09. The molecule has 2 aromatic rings. The van der Waals surface area contributed by atoms with Crippen LogP contribution in [0, 0.1) is 0 Å². The van der Waals surface area contributed by atoms with Gasteiger partial charge in [-0.1, -0.05) is 22.0 Å². The van der Waals surface area contributed by atoms with Crippen LogP contribution in [0.4, 0.5) is 0 Å². The van der Waals surface area contributed by atoms with Crippen LogP contribution in [-0.2, 0) is 12.8 Å². The summed E-state index contributed by atoms with van der Waals surface area (Å²) in [6.45, 7) is 0. The fourth-order valence-corrected chi connectivity index (χ4v) is 4.08. The third-order valence-electron chi connectivity index (χ3n) is 2.92. The maximum atomic E-state index is 3.53. The molecular weight excluding hydrogens is 256 g/mol. The van der Waals surface area contributed by atoms with Gasteiger partial charge in [0.05, 0.1) is 0 Å². The molecule has 0 unspecified atom stereocenters. The van der Waals surface area contributed by atoms with Gasteiger partial charge in [-0.3, -0.25) is 0 Å². The molecule has 1 heterocycles. The highest BCUT2D eigenvalue weighted by Crippen LogP contribution is 2.37. The number of hydrogen-bond acceptors (Lipinski definition) is 1. The zero-order valence-corrected chi connectivity index (χ0v) is 10.2. The Balaban J connectivity index is 2.31. The van der Waals surface area contributed by atoms with Gasteiger partial charge in [0.25, 0.3) is 0 Å². The predicted molar refractivity (Wildman–Crippen MR) is 66.2 cm³/mol. The fraction of sp³-hybridized carbons (Fsp3) is 0.333. The van der Waals surface area contributed by atoms with Crippen LogP contribution < -0.4 is 0 Å². The van der Waals surface area contributed by atoms with E-state index in [1.54, 1.807) is 10.4 Å². The van der Waals surface area contributed by atoms with E-state index in [0.29, 0.717) is 0 Å². The van der Waals surface area contributed by atoms with Gasteiger partial charge < -0.3 is 0 Å². The molecule has 0 amide bonds. The van der Waals surface area contributed by atoms with Gasteiger partial charge in [0.2, 0.25) is 0 Å². The van der Waals surface area contributed by atoms with Crippen LogP contribution >= 0.6 is 27.3 Å². The Bertz CT molecular complexity index is 484. The zero-order chi connectivity index (χ0) is 9.54. The Morgan fingerprint density at radius 3 is 2.93 bits per heavy atom. The van der Waals surface area contributed by atoms with Crippen LogP contribution in [0.15, 0.2) is 22.7 Å². The molecule has 0 saturated carbocycles. The number of hydrogen-bond donors (Lipinski definition) is 0. The van der Waals surface area contributed by atoms with Crippen LogP contribution in [0.2, 0.25) is 0 Å². The SMILES string of the molecule is Brc1ccc2c3c(sc2c1)CCCC3. The molecule has 0 spiro atoms. The Labute approximate surface area is 96.1 Å². The number of benzene rings is 1. The van der Waals surface area contributed by atoms with Crippen LogP contribution in [0.1, 0.15) is 23.3 Å².